The van der Waals surface area contributed by atoms with Crippen LogP contribution in [0.4, 0.5) is 30.5 Å². The van der Waals surface area contributed by atoms with Gasteiger partial charge in [0.2, 0.25) is 5.95 Å². The number of hydrogen-bond acceptors (Lipinski definition) is 7. The van der Waals surface area contributed by atoms with Crippen molar-refractivity contribution in [1.82, 2.24) is 24.8 Å². The first-order valence-corrected chi connectivity index (χ1v) is 12.6. The van der Waals surface area contributed by atoms with Crippen molar-refractivity contribution in [3.8, 4) is 17.1 Å². The van der Waals surface area contributed by atoms with Crippen molar-refractivity contribution in [1.29, 1.82) is 0 Å². The smallest absolute Gasteiger partial charge is 0.404 e. The summed E-state index contributed by atoms with van der Waals surface area (Å²) in [7, 11) is 3.89. The van der Waals surface area contributed by atoms with Gasteiger partial charge in [-0.15, -0.1) is 13.2 Å². The number of anilines is 3. The third-order valence-corrected chi connectivity index (χ3v) is 6.47. The summed E-state index contributed by atoms with van der Waals surface area (Å²) in [6.45, 7) is 7.78. The molecule has 38 heavy (non-hydrogen) atoms. The van der Waals surface area contributed by atoms with E-state index in [2.05, 4.69) is 35.1 Å². The molecule has 5 rings (SSSR count). The first-order valence-electron chi connectivity index (χ1n) is 12.6. The van der Waals surface area contributed by atoms with E-state index in [1.807, 2.05) is 32.5 Å². The number of amides is 1. The van der Waals surface area contributed by atoms with Crippen LogP contribution in [0.5, 0.6) is 5.75 Å². The van der Waals surface area contributed by atoms with Crippen LogP contribution in [0.25, 0.3) is 11.4 Å². The van der Waals surface area contributed by atoms with Crippen molar-refractivity contribution in [2.24, 2.45) is 7.05 Å². The van der Waals surface area contributed by atoms with Gasteiger partial charge in [0, 0.05) is 63.8 Å². The predicted molar refractivity (Wildman–Crippen MR) is 140 cm³/mol. The molecular weight excluding hydrogens is 499 g/mol. The second kappa shape index (κ2) is 11.3. The summed E-state index contributed by atoms with van der Waals surface area (Å²) >= 11 is 0. The number of piperazine rings is 1. The Hall–Kier alpha value is -3.80. The Kier molecular flexibility index (Phi) is 8.10. The molecule has 12 heteroatoms. The molecule has 0 unspecified atom stereocenters. The number of nitrogens with zero attached hydrogens (tertiary/aromatic N) is 5. The summed E-state index contributed by atoms with van der Waals surface area (Å²) in [5.41, 5.74) is 3.62. The largest absolute Gasteiger partial charge is 0.573 e. The summed E-state index contributed by atoms with van der Waals surface area (Å²) in [6.07, 6.45) is -2.63. The highest BCUT2D eigenvalue weighted by atomic mass is 19.4. The van der Waals surface area contributed by atoms with Gasteiger partial charge in [-0.3, -0.25) is 4.79 Å². The van der Waals surface area contributed by atoms with E-state index in [9.17, 15) is 18.0 Å². The van der Waals surface area contributed by atoms with Gasteiger partial charge in [-0.25, -0.2) is 9.97 Å². The Morgan fingerprint density at radius 2 is 1.79 bits per heavy atom. The zero-order chi connectivity index (χ0) is 27.4. The molecule has 0 bridgehead atoms. The minimum atomic E-state index is -4.85. The van der Waals surface area contributed by atoms with E-state index in [1.54, 1.807) is 24.3 Å². The average molecular weight is 532 g/mol. The molecule has 204 valence electrons. The van der Waals surface area contributed by atoms with E-state index in [-0.39, 0.29) is 23.3 Å². The maximum atomic E-state index is 13.1. The Morgan fingerprint density at radius 3 is 2.47 bits per heavy atom. The van der Waals surface area contributed by atoms with Gasteiger partial charge < -0.3 is 29.7 Å². The maximum Gasteiger partial charge on any atom is 0.573 e. The highest BCUT2D eigenvalue weighted by Gasteiger charge is 2.32. The molecule has 9 nitrogen and oxygen atoms in total. The number of halogens is 3. The minimum Gasteiger partial charge on any atom is -0.404 e. The van der Waals surface area contributed by atoms with E-state index in [4.69, 9.17) is 0 Å². The van der Waals surface area contributed by atoms with Crippen LogP contribution in [-0.4, -0.2) is 71.5 Å². The molecular formula is C26H32F3N7O2. The monoisotopic (exact) mass is 531 g/mol. The molecule has 4 heterocycles. The Morgan fingerprint density at radius 1 is 1.05 bits per heavy atom. The number of likely N-dealkylation sites (N-methyl/N-ethyl adjacent to an activating group) is 1. The number of carbonyl (C=O) groups excluding carboxylic acids is 1. The third-order valence-electron chi connectivity index (χ3n) is 6.47. The SMILES string of the molecule is CC.CN1CCN(c2ccc(OC(F)(F)F)c(Nc3nccc(-c4cc5c(n4C)CCNC5=O)n3)c2)CC1. The summed E-state index contributed by atoms with van der Waals surface area (Å²) in [4.78, 5) is 25.3. The van der Waals surface area contributed by atoms with Gasteiger partial charge in [0.1, 0.15) is 0 Å². The maximum absolute atomic E-state index is 13.1. The van der Waals surface area contributed by atoms with Gasteiger partial charge >= 0.3 is 6.36 Å². The van der Waals surface area contributed by atoms with Crippen LogP contribution >= 0.6 is 0 Å². The molecule has 2 aromatic heterocycles. The standard InChI is InChI=1S/C24H26F3N7O2.C2H6/c1-32-9-11-34(12-10-32)15-3-4-21(36-24(25,26)27)18(13-15)31-23-29-7-5-17(30-23)20-14-16-19(33(20)2)6-8-28-22(16)35;1-2/h3-5,7,13-14H,6,8-12H2,1-2H3,(H,28,35)(H,29,30,31);1-2H3. The molecule has 2 aliphatic heterocycles. The van der Waals surface area contributed by atoms with Crippen molar-refractivity contribution >= 4 is 23.2 Å². The number of hydrogen-bond donors (Lipinski definition) is 2. The summed E-state index contributed by atoms with van der Waals surface area (Å²) < 4.78 is 45.5. The highest BCUT2D eigenvalue weighted by molar-refractivity contribution is 5.97. The number of benzene rings is 1. The molecule has 0 spiro atoms. The number of carbonyl (C=O) groups is 1. The molecule has 0 radical (unpaired) electrons. The van der Waals surface area contributed by atoms with Gasteiger partial charge in [-0.1, -0.05) is 13.8 Å². The molecule has 1 fully saturated rings. The lowest BCUT2D eigenvalue weighted by Gasteiger charge is -2.34. The van der Waals surface area contributed by atoms with Gasteiger partial charge in [-0.05, 0) is 37.4 Å². The summed E-state index contributed by atoms with van der Waals surface area (Å²) in [6, 6.07) is 8.00. The molecule has 1 saturated heterocycles. The van der Waals surface area contributed by atoms with Gasteiger partial charge in [0.15, 0.2) is 5.75 Å². The van der Waals surface area contributed by atoms with Crippen LogP contribution in [0.2, 0.25) is 0 Å². The normalized spacial score (nSPS) is 15.8. The minimum absolute atomic E-state index is 0.103. The molecule has 0 saturated carbocycles. The van der Waals surface area contributed by atoms with Gasteiger partial charge in [0.05, 0.1) is 22.6 Å². The van der Waals surface area contributed by atoms with E-state index < -0.39 is 6.36 Å². The third kappa shape index (κ3) is 6.01. The van der Waals surface area contributed by atoms with Crippen molar-refractivity contribution in [2.75, 3.05) is 50.0 Å². The molecule has 3 aromatic rings. The quantitative estimate of drug-likeness (QED) is 0.511. The number of rotatable bonds is 5. The summed E-state index contributed by atoms with van der Waals surface area (Å²) in [5.74, 6) is -0.403. The van der Waals surface area contributed by atoms with E-state index >= 15 is 0 Å². The van der Waals surface area contributed by atoms with E-state index in [0.29, 0.717) is 29.9 Å². The molecule has 0 atom stereocenters. The van der Waals surface area contributed by atoms with Crippen LogP contribution in [0.3, 0.4) is 0 Å². The fraction of sp³-hybridized carbons (Fsp3) is 0.423. The van der Waals surface area contributed by atoms with Crippen LogP contribution in [0.1, 0.15) is 29.9 Å². The lowest BCUT2D eigenvalue weighted by atomic mass is 10.1. The summed E-state index contributed by atoms with van der Waals surface area (Å²) in [5, 5.41) is 5.73. The number of nitrogens with one attached hydrogen (secondary N) is 2. The highest BCUT2D eigenvalue weighted by Crippen LogP contribution is 2.36. The molecule has 0 aliphatic carbocycles. The number of ether oxygens (including phenoxy) is 1. The molecule has 1 aromatic carbocycles. The van der Waals surface area contributed by atoms with Crippen molar-refractivity contribution in [3.63, 3.8) is 0 Å². The van der Waals surface area contributed by atoms with Crippen LogP contribution in [0.15, 0.2) is 36.5 Å². The fourth-order valence-corrected chi connectivity index (χ4v) is 4.55. The lowest BCUT2D eigenvalue weighted by Crippen LogP contribution is -2.44. The van der Waals surface area contributed by atoms with Crippen molar-refractivity contribution in [3.05, 3.63) is 47.8 Å². The second-order valence-corrected chi connectivity index (χ2v) is 8.86. The second-order valence-electron chi connectivity index (χ2n) is 8.86. The number of alkyl halides is 3. The fourth-order valence-electron chi connectivity index (χ4n) is 4.55. The van der Waals surface area contributed by atoms with Crippen molar-refractivity contribution in [2.45, 2.75) is 26.6 Å². The Labute approximate surface area is 219 Å². The van der Waals surface area contributed by atoms with Crippen molar-refractivity contribution < 1.29 is 22.7 Å². The number of fused-ring (bicyclic) bond motifs is 1. The topological polar surface area (TPSA) is 87.5 Å². The van der Waals surface area contributed by atoms with Gasteiger partial charge in [0.25, 0.3) is 5.91 Å². The molecule has 1 amide bonds. The lowest BCUT2D eigenvalue weighted by molar-refractivity contribution is -0.274. The van der Waals surface area contributed by atoms with E-state index in [0.717, 1.165) is 37.6 Å². The zero-order valence-electron chi connectivity index (χ0n) is 21.9. The van der Waals surface area contributed by atoms with Gasteiger partial charge in [-0.2, -0.15) is 0 Å². The molecule has 2 aliphatic rings. The van der Waals surface area contributed by atoms with Crippen LogP contribution in [-0.2, 0) is 13.5 Å². The first kappa shape index (κ1) is 27.2. The average Bonchev–Trinajstić information content (AvgIpc) is 3.24. The van der Waals surface area contributed by atoms with Crippen LogP contribution in [0, 0.1) is 0 Å². The van der Waals surface area contributed by atoms with E-state index in [1.165, 1.54) is 12.3 Å². The Balaban J connectivity index is 0.00000164. The zero-order valence-corrected chi connectivity index (χ0v) is 21.9. The Bertz CT molecular complexity index is 1280. The molecule has 2 N–H and O–H groups in total. The predicted octanol–water partition coefficient (Wildman–Crippen LogP) is 4.19. The number of aromatic nitrogens is 3. The van der Waals surface area contributed by atoms with Crippen LogP contribution < -0.4 is 20.3 Å². The first-order chi connectivity index (χ1) is 18.2.